The standard InChI is InChI=1S/C25H32N2O4/c1-29-22-12-9-20(24(15-22)30-2)17-26(18-23-5-4-14-31-23)16-19-7-10-21(11-8-19)27-13-3-6-25(27)28/h7-12,15,23H,3-6,13-14,16-18H2,1-2H3/t23-/m1/s1. The van der Waals surface area contributed by atoms with Crippen molar-refractivity contribution in [2.75, 3.05) is 38.8 Å². The molecular weight excluding hydrogens is 392 g/mol. The molecule has 0 N–H and O–H groups in total. The first-order valence-electron chi connectivity index (χ1n) is 11.1. The summed E-state index contributed by atoms with van der Waals surface area (Å²) in [4.78, 5) is 16.3. The fourth-order valence-electron chi connectivity index (χ4n) is 4.45. The first-order valence-corrected chi connectivity index (χ1v) is 11.1. The normalized spacial score (nSPS) is 18.7. The van der Waals surface area contributed by atoms with E-state index < -0.39 is 0 Å². The van der Waals surface area contributed by atoms with Crippen LogP contribution in [0.25, 0.3) is 0 Å². The Hall–Kier alpha value is -2.57. The zero-order chi connectivity index (χ0) is 21.6. The molecule has 0 saturated carbocycles. The van der Waals surface area contributed by atoms with Crippen LogP contribution in [-0.2, 0) is 22.6 Å². The van der Waals surface area contributed by atoms with Crippen molar-refractivity contribution in [1.29, 1.82) is 0 Å². The van der Waals surface area contributed by atoms with Gasteiger partial charge in [-0.3, -0.25) is 9.69 Å². The Labute approximate surface area is 184 Å². The quantitative estimate of drug-likeness (QED) is 0.609. The molecule has 2 heterocycles. The lowest BCUT2D eigenvalue weighted by Crippen LogP contribution is -2.31. The molecule has 2 aromatic rings. The molecule has 0 bridgehead atoms. The van der Waals surface area contributed by atoms with Gasteiger partial charge in [0.1, 0.15) is 11.5 Å². The van der Waals surface area contributed by atoms with Crippen LogP contribution in [0.15, 0.2) is 42.5 Å². The van der Waals surface area contributed by atoms with Gasteiger partial charge in [-0.05, 0) is 43.0 Å². The lowest BCUT2D eigenvalue weighted by atomic mass is 10.1. The van der Waals surface area contributed by atoms with Crippen molar-refractivity contribution in [2.24, 2.45) is 0 Å². The van der Waals surface area contributed by atoms with Crippen molar-refractivity contribution >= 4 is 11.6 Å². The summed E-state index contributed by atoms with van der Waals surface area (Å²) in [6.07, 6.45) is 4.10. The zero-order valence-electron chi connectivity index (χ0n) is 18.5. The second-order valence-corrected chi connectivity index (χ2v) is 8.30. The minimum Gasteiger partial charge on any atom is -0.497 e. The van der Waals surface area contributed by atoms with Gasteiger partial charge in [0.05, 0.1) is 20.3 Å². The van der Waals surface area contributed by atoms with E-state index in [1.165, 1.54) is 5.56 Å². The summed E-state index contributed by atoms with van der Waals surface area (Å²) >= 11 is 0. The highest BCUT2D eigenvalue weighted by Gasteiger charge is 2.23. The van der Waals surface area contributed by atoms with E-state index >= 15 is 0 Å². The minimum absolute atomic E-state index is 0.222. The van der Waals surface area contributed by atoms with Crippen molar-refractivity contribution in [1.82, 2.24) is 4.90 Å². The highest BCUT2D eigenvalue weighted by atomic mass is 16.5. The molecule has 6 heteroatoms. The van der Waals surface area contributed by atoms with E-state index in [4.69, 9.17) is 14.2 Å². The molecule has 0 aromatic heterocycles. The second kappa shape index (κ2) is 10.2. The topological polar surface area (TPSA) is 51.2 Å². The zero-order valence-corrected chi connectivity index (χ0v) is 18.5. The molecule has 2 aromatic carbocycles. The Morgan fingerprint density at radius 2 is 1.90 bits per heavy atom. The molecule has 2 saturated heterocycles. The van der Waals surface area contributed by atoms with E-state index in [-0.39, 0.29) is 12.0 Å². The summed E-state index contributed by atoms with van der Waals surface area (Å²) in [6, 6.07) is 14.4. The first kappa shape index (κ1) is 21.7. The molecule has 1 amide bonds. The maximum atomic E-state index is 12.0. The molecular formula is C25H32N2O4. The molecule has 31 heavy (non-hydrogen) atoms. The minimum atomic E-state index is 0.222. The summed E-state index contributed by atoms with van der Waals surface area (Å²) < 4.78 is 16.9. The molecule has 4 rings (SSSR count). The van der Waals surface area contributed by atoms with Crippen molar-refractivity contribution in [2.45, 2.75) is 44.9 Å². The van der Waals surface area contributed by atoms with Crippen LogP contribution in [0.3, 0.4) is 0 Å². The monoisotopic (exact) mass is 424 g/mol. The van der Waals surface area contributed by atoms with Crippen molar-refractivity contribution in [3.63, 3.8) is 0 Å². The van der Waals surface area contributed by atoms with Crippen molar-refractivity contribution in [3.8, 4) is 11.5 Å². The Morgan fingerprint density at radius 1 is 1.06 bits per heavy atom. The number of anilines is 1. The van der Waals surface area contributed by atoms with Gasteiger partial charge in [0.2, 0.25) is 5.91 Å². The third-order valence-corrected chi connectivity index (χ3v) is 6.10. The van der Waals surface area contributed by atoms with Gasteiger partial charge >= 0.3 is 0 Å². The fraction of sp³-hybridized carbons (Fsp3) is 0.480. The van der Waals surface area contributed by atoms with Crippen molar-refractivity contribution in [3.05, 3.63) is 53.6 Å². The number of ether oxygens (including phenoxy) is 3. The number of methoxy groups -OCH3 is 2. The summed E-state index contributed by atoms with van der Waals surface area (Å²) in [6.45, 7) is 4.12. The number of carbonyl (C=O) groups is 1. The number of hydrogen-bond donors (Lipinski definition) is 0. The second-order valence-electron chi connectivity index (χ2n) is 8.30. The van der Waals surface area contributed by atoms with Crippen LogP contribution >= 0.6 is 0 Å². The van der Waals surface area contributed by atoms with Crippen LogP contribution < -0.4 is 14.4 Å². The molecule has 0 spiro atoms. The maximum Gasteiger partial charge on any atom is 0.227 e. The number of benzene rings is 2. The lowest BCUT2D eigenvalue weighted by Gasteiger charge is -2.26. The summed E-state index contributed by atoms with van der Waals surface area (Å²) in [5, 5.41) is 0. The van der Waals surface area contributed by atoms with Gasteiger partial charge in [0.15, 0.2) is 0 Å². The van der Waals surface area contributed by atoms with Crippen LogP contribution in [0.5, 0.6) is 11.5 Å². The first-order chi connectivity index (χ1) is 15.2. The Bertz CT molecular complexity index is 878. The van der Waals surface area contributed by atoms with Gasteiger partial charge in [-0.2, -0.15) is 0 Å². The van der Waals surface area contributed by atoms with Crippen LogP contribution in [0.2, 0.25) is 0 Å². The molecule has 2 aliphatic rings. The molecule has 1 atom stereocenters. The smallest absolute Gasteiger partial charge is 0.227 e. The van der Waals surface area contributed by atoms with E-state index in [0.29, 0.717) is 6.42 Å². The SMILES string of the molecule is COc1ccc(CN(Cc2ccc(N3CCCC3=O)cc2)C[C@H]2CCCO2)c(OC)c1. The number of hydrogen-bond acceptors (Lipinski definition) is 5. The average molecular weight is 425 g/mol. The fourth-order valence-corrected chi connectivity index (χ4v) is 4.45. The van der Waals surface area contributed by atoms with Gasteiger partial charge < -0.3 is 19.1 Å². The van der Waals surface area contributed by atoms with Gasteiger partial charge in [-0.1, -0.05) is 18.2 Å². The number of nitrogens with zero attached hydrogens (tertiary/aromatic N) is 2. The molecule has 0 aliphatic carbocycles. The largest absolute Gasteiger partial charge is 0.497 e. The van der Waals surface area contributed by atoms with Crippen LogP contribution in [0.4, 0.5) is 5.69 Å². The lowest BCUT2D eigenvalue weighted by molar-refractivity contribution is -0.117. The summed E-state index contributed by atoms with van der Waals surface area (Å²) in [7, 11) is 3.36. The Balaban J connectivity index is 1.49. The van der Waals surface area contributed by atoms with Crippen LogP contribution in [0.1, 0.15) is 36.8 Å². The summed E-state index contributed by atoms with van der Waals surface area (Å²) in [5.41, 5.74) is 3.34. The van der Waals surface area contributed by atoms with E-state index in [1.807, 2.05) is 17.0 Å². The molecule has 0 unspecified atom stereocenters. The van der Waals surface area contributed by atoms with Crippen LogP contribution in [-0.4, -0.2) is 50.8 Å². The molecule has 166 valence electrons. The Kier molecular flexibility index (Phi) is 7.10. The third-order valence-electron chi connectivity index (χ3n) is 6.10. The summed E-state index contributed by atoms with van der Waals surface area (Å²) in [5.74, 6) is 1.84. The highest BCUT2D eigenvalue weighted by molar-refractivity contribution is 5.95. The van der Waals surface area contributed by atoms with E-state index in [2.05, 4.69) is 35.2 Å². The number of amides is 1. The number of carbonyl (C=O) groups excluding carboxylic acids is 1. The van der Waals surface area contributed by atoms with E-state index in [1.54, 1.807) is 14.2 Å². The maximum absolute atomic E-state index is 12.0. The third kappa shape index (κ3) is 5.38. The predicted molar refractivity (Wildman–Crippen MR) is 121 cm³/mol. The van der Waals surface area contributed by atoms with E-state index in [0.717, 1.165) is 74.8 Å². The Morgan fingerprint density at radius 3 is 2.55 bits per heavy atom. The van der Waals surface area contributed by atoms with E-state index in [9.17, 15) is 4.79 Å². The predicted octanol–water partition coefficient (Wildman–Crippen LogP) is 4.01. The molecule has 2 fully saturated rings. The molecule has 0 radical (unpaired) electrons. The molecule has 6 nitrogen and oxygen atoms in total. The molecule has 2 aliphatic heterocycles. The van der Waals surface area contributed by atoms with Crippen LogP contribution in [0, 0.1) is 0 Å². The van der Waals surface area contributed by atoms with Gasteiger partial charge in [-0.25, -0.2) is 0 Å². The highest BCUT2D eigenvalue weighted by Crippen LogP contribution is 2.28. The average Bonchev–Trinajstić information content (AvgIpc) is 3.46. The van der Waals surface area contributed by atoms with Gasteiger partial charge in [-0.15, -0.1) is 0 Å². The number of rotatable bonds is 9. The van der Waals surface area contributed by atoms with Gasteiger partial charge in [0.25, 0.3) is 0 Å². The van der Waals surface area contributed by atoms with Crippen molar-refractivity contribution < 1.29 is 19.0 Å². The van der Waals surface area contributed by atoms with Gasteiger partial charge in [0, 0.05) is 56.5 Å².